The monoisotopic (exact) mass is 231 g/mol. The highest BCUT2D eigenvalue weighted by Gasteiger charge is 2.05. The molecule has 1 heterocycles. The van der Waals surface area contributed by atoms with Gasteiger partial charge in [0, 0.05) is 9.75 Å². The van der Waals surface area contributed by atoms with Crippen LogP contribution in [0.4, 0.5) is 0 Å². The summed E-state index contributed by atoms with van der Waals surface area (Å²) in [6.45, 7) is 5.03. The summed E-state index contributed by atoms with van der Waals surface area (Å²) in [6, 6.07) is 11.0. The Morgan fingerprint density at radius 1 is 1.12 bits per heavy atom. The van der Waals surface area contributed by atoms with Gasteiger partial charge in [-0.3, -0.25) is 0 Å². The van der Waals surface area contributed by atoms with Crippen LogP contribution in [0.2, 0.25) is 0 Å². The third kappa shape index (κ3) is 2.34. The van der Waals surface area contributed by atoms with Crippen molar-refractivity contribution in [2.45, 2.75) is 20.3 Å². The van der Waals surface area contributed by atoms with E-state index in [1.165, 1.54) is 26.4 Å². The molecule has 1 aromatic carbocycles. The summed E-state index contributed by atoms with van der Waals surface area (Å²) in [4.78, 5) is 2.73. The molecule has 0 amide bonds. The Kier molecular flexibility index (Phi) is 3.42. The molecule has 0 aliphatic rings. The van der Waals surface area contributed by atoms with Crippen molar-refractivity contribution in [3.63, 3.8) is 0 Å². The average Bonchev–Trinajstić information content (AvgIpc) is 2.71. The topological polar surface area (TPSA) is 26.0 Å². The Labute approximate surface area is 101 Å². The molecular weight excluding hydrogens is 214 g/mol. The van der Waals surface area contributed by atoms with Crippen molar-refractivity contribution < 1.29 is 0 Å². The molecule has 2 heteroatoms. The van der Waals surface area contributed by atoms with Crippen LogP contribution in [0.25, 0.3) is 10.4 Å². The predicted molar refractivity (Wildman–Crippen MR) is 72.0 cm³/mol. The van der Waals surface area contributed by atoms with Crippen LogP contribution < -0.4 is 5.73 Å². The van der Waals surface area contributed by atoms with Gasteiger partial charge in [-0.25, -0.2) is 0 Å². The van der Waals surface area contributed by atoms with Gasteiger partial charge in [0.05, 0.1) is 0 Å². The molecule has 0 bridgehead atoms. The van der Waals surface area contributed by atoms with E-state index in [0.717, 1.165) is 13.0 Å². The summed E-state index contributed by atoms with van der Waals surface area (Å²) < 4.78 is 0. The summed E-state index contributed by atoms with van der Waals surface area (Å²) in [5, 5.41) is 0. The Bertz CT molecular complexity index is 485. The van der Waals surface area contributed by atoms with E-state index in [1.54, 1.807) is 0 Å². The van der Waals surface area contributed by atoms with E-state index in [9.17, 15) is 0 Å². The summed E-state index contributed by atoms with van der Waals surface area (Å²) >= 11 is 1.85. The van der Waals surface area contributed by atoms with Gasteiger partial charge >= 0.3 is 0 Å². The van der Waals surface area contributed by atoms with E-state index in [4.69, 9.17) is 5.73 Å². The Balaban J connectivity index is 2.38. The molecule has 16 heavy (non-hydrogen) atoms. The maximum Gasteiger partial charge on any atom is 0.0348 e. The van der Waals surface area contributed by atoms with Gasteiger partial charge in [-0.05, 0) is 50.1 Å². The van der Waals surface area contributed by atoms with Crippen molar-refractivity contribution in [3.05, 3.63) is 46.3 Å². The molecule has 0 aliphatic carbocycles. The van der Waals surface area contributed by atoms with Gasteiger partial charge in [-0.15, -0.1) is 11.3 Å². The van der Waals surface area contributed by atoms with Gasteiger partial charge in [0.1, 0.15) is 0 Å². The Morgan fingerprint density at radius 3 is 2.69 bits per heavy atom. The van der Waals surface area contributed by atoms with E-state index in [0.29, 0.717) is 0 Å². The van der Waals surface area contributed by atoms with Crippen LogP contribution in [-0.4, -0.2) is 6.54 Å². The molecule has 2 aromatic rings. The quantitative estimate of drug-likeness (QED) is 0.859. The first-order chi connectivity index (χ1) is 7.70. The third-order valence-electron chi connectivity index (χ3n) is 2.71. The maximum atomic E-state index is 5.57. The molecule has 0 saturated carbocycles. The van der Waals surface area contributed by atoms with Crippen LogP contribution >= 0.6 is 11.3 Å². The van der Waals surface area contributed by atoms with Crippen LogP contribution in [0.1, 0.15) is 16.0 Å². The van der Waals surface area contributed by atoms with E-state index in [1.807, 2.05) is 11.3 Å². The number of benzene rings is 1. The molecule has 1 nitrogen and oxygen atoms in total. The molecule has 2 N–H and O–H groups in total. The minimum Gasteiger partial charge on any atom is -0.330 e. The van der Waals surface area contributed by atoms with Gasteiger partial charge in [-0.2, -0.15) is 0 Å². The summed E-state index contributed by atoms with van der Waals surface area (Å²) in [5.74, 6) is 0. The smallest absolute Gasteiger partial charge is 0.0348 e. The van der Waals surface area contributed by atoms with Crippen LogP contribution in [0.3, 0.4) is 0 Å². The second-order valence-electron chi connectivity index (χ2n) is 4.12. The fourth-order valence-electron chi connectivity index (χ4n) is 1.80. The molecular formula is C14H17NS. The SMILES string of the molecule is Cc1ccc(C)c(-c2ccc(CCN)s2)c1. The highest BCUT2D eigenvalue weighted by Crippen LogP contribution is 2.31. The normalized spacial score (nSPS) is 10.7. The van der Waals surface area contributed by atoms with Crippen LogP contribution in [0, 0.1) is 13.8 Å². The molecule has 0 saturated heterocycles. The molecule has 84 valence electrons. The van der Waals surface area contributed by atoms with Crippen LogP contribution in [-0.2, 0) is 6.42 Å². The molecule has 0 spiro atoms. The molecule has 0 atom stereocenters. The second-order valence-corrected chi connectivity index (χ2v) is 5.29. The molecule has 1 aromatic heterocycles. The number of rotatable bonds is 3. The number of nitrogens with two attached hydrogens (primary N) is 1. The predicted octanol–water partition coefficient (Wildman–Crippen LogP) is 3.53. The zero-order valence-electron chi connectivity index (χ0n) is 9.79. The molecule has 2 rings (SSSR count). The van der Waals surface area contributed by atoms with Gasteiger partial charge < -0.3 is 5.73 Å². The van der Waals surface area contributed by atoms with Crippen LogP contribution in [0.5, 0.6) is 0 Å². The average molecular weight is 231 g/mol. The zero-order chi connectivity index (χ0) is 11.5. The minimum atomic E-state index is 0.729. The van der Waals surface area contributed by atoms with E-state index < -0.39 is 0 Å². The number of hydrogen-bond donors (Lipinski definition) is 1. The van der Waals surface area contributed by atoms with Crippen molar-refractivity contribution >= 4 is 11.3 Å². The first kappa shape index (κ1) is 11.4. The minimum absolute atomic E-state index is 0.729. The van der Waals surface area contributed by atoms with E-state index >= 15 is 0 Å². The molecule has 0 unspecified atom stereocenters. The van der Waals surface area contributed by atoms with Crippen LogP contribution in [0.15, 0.2) is 30.3 Å². The van der Waals surface area contributed by atoms with Gasteiger partial charge in [-0.1, -0.05) is 23.8 Å². The lowest BCUT2D eigenvalue weighted by molar-refractivity contribution is 0.989. The fraction of sp³-hybridized carbons (Fsp3) is 0.286. The van der Waals surface area contributed by atoms with E-state index in [-0.39, 0.29) is 0 Å². The fourth-order valence-corrected chi connectivity index (χ4v) is 2.91. The Morgan fingerprint density at radius 2 is 1.94 bits per heavy atom. The first-order valence-corrected chi connectivity index (χ1v) is 6.39. The standard InChI is InChI=1S/C14H17NS/c1-10-3-4-11(2)13(9-10)14-6-5-12(16-14)7-8-15/h3-6,9H,7-8,15H2,1-2H3. The lowest BCUT2D eigenvalue weighted by atomic mass is 10.0. The lowest BCUT2D eigenvalue weighted by Crippen LogP contribution is -2.00. The van der Waals surface area contributed by atoms with Crippen molar-refractivity contribution in [1.82, 2.24) is 0 Å². The van der Waals surface area contributed by atoms with Crippen molar-refractivity contribution in [2.24, 2.45) is 5.73 Å². The number of aryl methyl sites for hydroxylation is 2. The van der Waals surface area contributed by atoms with Crippen molar-refractivity contribution in [1.29, 1.82) is 0 Å². The lowest BCUT2D eigenvalue weighted by Gasteiger charge is -2.04. The van der Waals surface area contributed by atoms with Crippen molar-refractivity contribution in [3.8, 4) is 10.4 Å². The highest BCUT2D eigenvalue weighted by atomic mass is 32.1. The molecule has 0 radical (unpaired) electrons. The van der Waals surface area contributed by atoms with Crippen molar-refractivity contribution in [2.75, 3.05) is 6.54 Å². The van der Waals surface area contributed by atoms with E-state index in [2.05, 4.69) is 44.2 Å². The highest BCUT2D eigenvalue weighted by molar-refractivity contribution is 7.15. The molecule has 0 aliphatic heterocycles. The summed E-state index contributed by atoms with van der Waals surface area (Å²) in [5.41, 5.74) is 9.58. The summed E-state index contributed by atoms with van der Waals surface area (Å²) in [6.07, 6.45) is 0.982. The van der Waals surface area contributed by atoms with Gasteiger partial charge in [0.2, 0.25) is 0 Å². The van der Waals surface area contributed by atoms with Gasteiger partial charge in [0.25, 0.3) is 0 Å². The largest absolute Gasteiger partial charge is 0.330 e. The zero-order valence-corrected chi connectivity index (χ0v) is 10.6. The van der Waals surface area contributed by atoms with Gasteiger partial charge in [0.15, 0.2) is 0 Å². The third-order valence-corrected chi connectivity index (χ3v) is 3.89. The second kappa shape index (κ2) is 4.81. The number of thiophene rings is 1. The maximum absolute atomic E-state index is 5.57. The number of hydrogen-bond acceptors (Lipinski definition) is 2. The first-order valence-electron chi connectivity index (χ1n) is 5.57. The Hall–Kier alpha value is -1.12. The molecule has 0 fully saturated rings. The summed E-state index contributed by atoms with van der Waals surface area (Å²) in [7, 11) is 0.